The summed E-state index contributed by atoms with van der Waals surface area (Å²) in [5.74, 6) is -0.917. The third-order valence-corrected chi connectivity index (χ3v) is 4.29. The molecule has 1 aromatic rings. The van der Waals surface area contributed by atoms with Gasteiger partial charge in [-0.15, -0.1) is 0 Å². The summed E-state index contributed by atoms with van der Waals surface area (Å²) in [4.78, 5) is 0. The first-order valence-corrected chi connectivity index (χ1v) is 8.75. The van der Waals surface area contributed by atoms with Gasteiger partial charge in [-0.1, -0.05) is 39.5 Å². The van der Waals surface area contributed by atoms with Crippen LogP contribution in [0.4, 0.5) is 8.78 Å². The molecule has 0 aliphatic carbocycles. The molecule has 1 unspecified atom stereocenters. The van der Waals surface area contributed by atoms with Gasteiger partial charge in [0.15, 0.2) is 0 Å². The molecular weight excluding hydrogens is 336 g/mol. The largest absolute Gasteiger partial charge is 0.314 e. The van der Waals surface area contributed by atoms with Crippen LogP contribution in [0.3, 0.4) is 0 Å². The van der Waals surface area contributed by atoms with E-state index in [0.717, 1.165) is 25.8 Å². The minimum Gasteiger partial charge on any atom is -0.314 e. The smallest absolute Gasteiger partial charge is 0.143 e. The average molecular weight is 362 g/mol. The zero-order chi connectivity index (χ0) is 15.7. The number of hydrogen-bond acceptors (Lipinski definition) is 1. The molecule has 0 saturated carbocycles. The van der Waals surface area contributed by atoms with E-state index in [1.807, 2.05) is 0 Å². The summed E-state index contributed by atoms with van der Waals surface area (Å²) in [5, 5.41) is 3.42. The molecule has 0 spiro atoms. The monoisotopic (exact) mass is 361 g/mol. The van der Waals surface area contributed by atoms with Gasteiger partial charge in [0.2, 0.25) is 0 Å². The fourth-order valence-corrected chi connectivity index (χ4v) is 2.82. The highest BCUT2D eigenvalue weighted by molar-refractivity contribution is 9.10. The number of nitrogens with one attached hydrogen (secondary N) is 1. The standard InChI is InChI=1S/C17H26BrF2N/c1-3-5-6-7-8-13(21-11-4-2)12-14-16(19)10-9-15(18)17(14)20/h9-10,13,21H,3-8,11-12H2,1-2H3. The van der Waals surface area contributed by atoms with Crippen LogP contribution in [0.25, 0.3) is 0 Å². The van der Waals surface area contributed by atoms with Crippen LogP contribution in [0.5, 0.6) is 0 Å². The summed E-state index contributed by atoms with van der Waals surface area (Å²) in [6, 6.07) is 2.89. The molecule has 1 atom stereocenters. The fourth-order valence-electron chi connectivity index (χ4n) is 2.44. The van der Waals surface area contributed by atoms with Crippen LogP contribution in [-0.2, 0) is 6.42 Å². The van der Waals surface area contributed by atoms with Gasteiger partial charge in [0, 0.05) is 11.6 Å². The first-order valence-electron chi connectivity index (χ1n) is 7.95. The highest BCUT2D eigenvalue weighted by Crippen LogP contribution is 2.23. The third-order valence-electron chi connectivity index (χ3n) is 3.68. The van der Waals surface area contributed by atoms with Gasteiger partial charge >= 0.3 is 0 Å². The van der Waals surface area contributed by atoms with Crippen molar-refractivity contribution in [3.63, 3.8) is 0 Å². The molecule has 0 heterocycles. The Kier molecular flexibility index (Phi) is 9.09. The second kappa shape index (κ2) is 10.3. The Bertz CT molecular complexity index is 423. The molecule has 0 aromatic heterocycles. The minimum absolute atomic E-state index is 0.139. The lowest BCUT2D eigenvalue weighted by Gasteiger charge is -2.19. The molecule has 0 amide bonds. The van der Waals surface area contributed by atoms with Crippen molar-refractivity contribution < 1.29 is 8.78 Å². The second-order valence-corrected chi connectivity index (χ2v) is 6.38. The molecule has 0 bridgehead atoms. The van der Waals surface area contributed by atoms with E-state index in [1.54, 1.807) is 0 Å². The summed E-state index contributed by atoms with van der Waals surface area (Å²) in [6.45, 7) is 5.16. The summed E-state index contributed by atoms with van der Waals surface area (Å²) < 4.78 is 28.3. The molecule has 4 heteroatoms. The van der Waals surface area contributed by atoms with Crippen LogP contribution in [0.2, 0.25) is 0 Å². The van der Waals surface area contributed by atoms with Crippen LogP contribution >= 0.6 is 15.9 Å². The average Bonchev–Trinajstić information content (AvgIpc) is 2.48. The quantitative estimate of drug-likeness (QED) is 0.421. The Balaban J connectivity index is 2.68. The number of halogens is 3. The number of benzene rings is 1. The van der Waals surface area contributed by atoms with Crippen molar-refractivity contribution in [1.82, 2.24) is 5.32 Å². The van der Waals surface area contributed by atoms with Crippen LogP contribution in [-0.4, -0.2) is 12.6 Å². The predicted molar refractivity (Wildman–Crippen MR) is 88.6 cm³/mol. The van der Waals surface area contributed by atoms with Gasteiger partial charge in [-0.05, 0) is 53.9 Å². The van der Waals surface area contributed by atoms with E-state index in [1.165, 1.54) is 31.4 Å². The molecule has 1 aromatic carbocycles. The van der Waals surface area contributed by atoms with E-state index < -0.39 is 11.6 Å². The van der Waals surface area contributed by atoms with Crippen molar-refractivity contribution in [3.8, 4) is 0 Å². The zero-order valence-corrected chi connectivity index (χ0v) is 14.6. The summed E-state index contributed by atoms with van der Waals surface area (Å²) in [5.41, 5.74) is 0.188. The lowest BCUT2D eigenvalue weighted by molar-refractivity contribution is 0.436. The van der Waals surface area contributed by atoms with Crippen LogP contribution in [0.15, 0.2) is 16.6 Å². The number of unbranched alkanes of at least 4 members (excludes halogenated alkanes) is 3. The van der Waals surface area contributed by atoms with Gasteiger partial charge in [0.25, 0.3) is 0 Å². The van der Waals surface area contributed by atoms with Gasteiger partial charge < -0.3 is 5.32 Å². The van der Waals surface area contributed by atoms with E-state index >= 15 is 0 Å². The van der Waals surface area contributed by atoms with Crippen molar-refractivity contribution in [2.45, 2.75) is 64.8 Å². The van der Waals surface area contributed by atoms with Gasteiger partial charge in [0.05, 0.1) is 4.47 Å². The molecule has 120 valence electrons. The fraction of sp³-hybridized carbons (Fsp3) is 0.647. The van der Waals surface area contributed by atoms with Crippen molar-refractivity contribution in [2.75, 3.05) is 6.54 Å². The van der Waals surface area contributed by atoms with E-state index in [4.69, 9.17) is 0 Å². The van der Waals surface area contributed by atoms with E-state index in [-0.39, 0.29) is 11.6 Å². The Morgan fingerprint density at radius 3 is 2.52 bits per heavy atom. The minimum atomic E-state index is -0.466. The SMILES string of the molecule is CCCCCCC(Cc1c(F)ccc(Br)c1F)NCCC. The maximum atomic E-state index is 14.1. The van der Waals surface area contributed by atoms with Crippen molar-refractivity contribution in [3.05, 3.63) is 33.8 Å². The molecule has 0 saturated heterocycles. The Morgan fingerprint density at radius 1 is 1.10 bits per heavy atom. The molecule has 1 rings (SSSR count). The second-order valence-electron chi connectivity index (χ2n) is 5.53. The number of hydrogen-bond donors (Lipinski definition) is 1. The Hall–Kier alpha value is -0.480. The molecule has 21 heavy (non-hydrogen) atoms. The van der Waals surface area contributed by atoms with Gasteiger partial charge in [-0.3, -0.25) is 0 Å². The molecular formula is C17H26BrF2N. The van der Waals surface area contributed by atoms with Crippen LogP contribution < -0.4 is 5.32 Å². The summed E-state index contributed by atoms with van der Waals surface area (Å²) in [6.07, 6.45) is 7.10. The normalized spacial score (nSPS) is 12.6. The maximum Gasteiger partial charge on any atom is 0.143 e. The molecule has 0 radical (unpaired) electrons. The summed E-state index contributed by atoms with van der Waals surface area (Å²) in [7, 11) is 0. The highest BCUT2D eigenvalue weighted by atomic mass is 79.9. The highest BCUT2D eigenvalue weighted by Gasteiger charge is 2.17. The van der Waals surface area contributed by atoms with Crippen molar-refractivity contribution >= 4 is 15.9 Å². The molecule has 0 aliphatic heterocycles. The first-order chi connectivity index (χ1) is 10.1. The summed E-state index contributed by atoms with van der Waals surface area (Å²) >= 11 is 3.13. The zero-order valence-electron chi connectivity index (χ0n) is 13.0. The molecule has 0 aliphatic rings. The van der Waals surface area contributed by atoms with E-state index in [9.17, 15) is 8.78 Å². The maximum absolute atomic E-state index is 14.1. The third kappa shape index (κ3) is 6.43. The van der Waals surface area contributed by atoms with Gasteiger partial charge in [-0.2, -0.15) is 0 Å². The van der Waals surface area contributed by atoms with Crippen molar-refractivity contribution in [1.29, 1.82) is 0 Å². The number of rotatable bonds is 10. The lowest BCUT2D eigenvalue weighted by atomic mass is 9.99. The Morgan fingerprint density at radius 2 is 1.86 bits per heavy atom. The first kappa shape index (κ1) is 18.6. The van der Waals surface area contributed by atoms with Crippen LogP contribution in [0, 0.1) is 11.6 Å². The predicted octanol–water partition coefficient (Wildman–Crippen LogP) is 5.61. The van der Waals surface area contributed by atoms with E-state index in [2.05, 4.69) is 35.1 Å². The molecule has 1 nitrogen and oxygen atoms in total. The topological polar surface area (TPSA) is 12.0 Å². The van der Waals surface area contributed by atoms with Crippen molar-refractivity contribution in [2.24, 2.45) is 0 Å². The van der Waals surface area contributed by atoms with Gasteiger partial charge in [-0.25, -0.2) is 8.78 Å². The molecule has 1 N–H and O–H groups in total. The van der Waals surface area contributed by atoms with Gasteiger partial charge in [0.1, 0.15) is 11.6 Å². The Labute approximate surface area is 135 Å². The molecule has 0 fully saturated rings. The lowest BCUT2D eigenvalue weighted by Crippen LogP contribution is -2.32. The van der Waals surface area contributed by atoms with Crippen LogP contribution in [0.1, 0.15) is 57.9 Å². The van der Waals surface area contributed by atoms with E-state index in [0.29, 0.717) is 10.9 Å².